The highest BCUT2D eigenvalue weighted by Crippen LogP contribution is 2.38. The standard InChI is InChI=1S/C22H21BrClFN4O2S2/c1-31-21(30)18-12-6-3-2-4-9-17(12)33-20(18)27-22(32)26-19-14(23)11-29(28-19)10-13-15(24)7-5-8-16(13)25/h5,7-8,11H,2-4,6,9-10H2,1H3,(H2,26,27,28,32). The zero-order valence-corrected chi connectivity index (χ0v) is 21.7. The maximum Gasteiger partial charge on any atom is 0.341 e. The van der Waals surface area contributed by atoms with E-state index in [1.54, 1.807) is 23.0 Å². The number of aromatic nitrogens is 2. The molecule has 1 aromatic carbocycles. The number of halogens is 3. The van der Waals surface area contributed by atoms with Crippen molar-refractivity contribution in [3.05, 3.63) is 61.3 Å². The molecule has 3 aromatic rings. The number of hydrogen-bond acceptors (Lipinski definition) is 5. The minimum absolute atomic E-state index is 0.163. The minimum atomic E-state index is -0.395. The van der Waals surface area contributed by atoms with Crippen LogP contribution in [0.15, 0.2) is 28.9 Å². The minimum Gasteiger partial charge on any atom is -0.465 e. The summed E-state index contributed by atoms with van der Waals surface area (Å²) in [6, 6.07) is 4.56. The number of nitrogens with one attached hydrogen (secondary N) is 2. The Kier molecular flexibility index (Phi) is 7.68. The van der Waals surface area contributed by atoms with Crippen molar-refractivity contribution in [3.63, 3.8) is 0 Å². The van der Waals surface area contributed by atoms with Crippen LogP contribution in [-0.2, 0) is 24.1 Å². The number of aryl methyl sites for hydroxylation is 1. The predicted molar refractivity (Wildman–Crippen MR) is 137 cm³/mol. The number of thiophene rings is 1. The molecule has 0 unspecified atom stereocenters. The Morgan fingerprint density at radius 1 is 1.33 bits per heavy atom. The van der Waals surface area contributed by atoms with Crippen molar-refractivity contribution in [1.82, 2.24) is 9.78 Å². The van der Waals surface area contributed by atoms with Gasteiger partial charge in [-0.15, -0.1) is 11.3 Å². The van der Waals surface area contributed by atoms with Crippen molar-refractivity contribution in [2.24, 2.45) is 0 Å². The van der Waals surface area contributed by atoms with Gasteiger partial charge in [-0.3, -0.25) is 4.68 Å². The van der Waals surface area contributed by atoms with Crippen LogP contribution in [0.4, 0.5) is 15.2 Å². The molecule has 174 valence electrons. The predicted octanol–water partition coefficient (Wildman–Crippen LogP) is 6.41. The van der Waals surface area contributed by atoms with E-state index >= 15 is 0 Å². The van der Waals surface area contributed by atoms with Gasteiger partial charge in [-0.2, -0.15) is 5.10 Å². The summed E-state index contributed by atoms with van der Waals surface area (Å²) in [6.07, 6.45) is 6.81. The van der Waals surface area contributed by atoms with Crippen LogP contribution in [0.1, 0.15) is 45.6 Å². The van der Waals surface area contributed by atoms with Crippen LogP contribution in [0.2, 0.25) is 5.02 Å². The fourth-order valence-electron chi connectivity index (χ4n) is 3.80. The molecule has 0 fully saturated rings. The van der Waals surface area contributed by atoms with Gasteiger partial charge in [0.1, 0.15) is 10.8 Å². The molecule has 0 saturated heterocycles. The highest BCUT2D eigenvalue weighted by molar-refractivity contribution is 9.10. The van der Waals surface area contributed by atoms with E-state index in [9.17, 15) is 9.18 Å². The van der Waals surface area contributed by atoms with Gasteiger partial charge in [-0.1, -0.05) is 24.1 Å². The van der Waals surface area contributed by atoms with Gasteiger partial charge in [0.05, 0.1) is 23.7 Å². The number of esters is 1. The van der Waals surface area contributed by atoms with Gasteiger partial charge in [0.2, 0.25) is 0 Å². The molecule has 1 aliphatic rings. The van der Waals surface area contributed by atoms with E-state index in [0.29, 0.717) is 31.4 Å². The van der Waals surface area contributed by atoms with Gasteiger partial charge < -0.3 is 15.4 Å². The third-order valence-electron chi connectivity index (χ3n) is 5.37. The van der Waals surface area contributed by atoms with Crippen LogP contribution in [0.5, 0.6) is 0 Å². The average molecular weight is 572 g/mol. The molecular weight excluding hydrogens is 551 g/mol. The zero-order chi connectivity index (χ0) is 23.5. The smallest absolute Gasteiger partial charge is 0.341 e. The van der Waals surface area contributed by atoms with Gasteiger partial charge in [0.25, 0.3) is 0 Å². The molecule has 0 amide bonds. The molecule has 33 heavy (non-hydrogen) atoms. The van der Waals surface area contributed by atoms with Crippen molar-refractivity contribution in [3.8, 4) is 0 Å². The van der Waals surface area contributed by atoms with E-state index in [4.69, 9.17) is 28.6 Å². The van der Waals surface area contributed by atoms with Gasteiger partial charge in [0.15, 0.2) is 10.9 Å². The quantitative estimate of drug-likeness (QED) is 0.209. The van der Waals surface area contributed by atoms with E-state index in [2.05, 4.69) is 31.7 Å². The molecule has 0 spiro atoms. The Bertz CT molecular complexity index is 1190. The second kappa shape index (κ2) is 10.5. The SMILES string of the molecule is COC(=O)c1c(NC(=S)Nc2nn(Cc3c(F)cccc3Cl)cc2Br)sc2c1CCCCC2. The Morgan fingerprint density at radius 3 is 2.88 bits per heavy atom. The second-order valence-corrected chi connectivity index (χ2v) is 10.3. The first kappa shape index (κ1) is 24.1. The Labute approximate surface area is 213 Å². The molecule has 0 atom stereocenters. The van der Waals surface area contributed by atoms with E-state index in [1.165, 1.54) is 29.4 Å². The second-order valence-electron chi connectivity index (χ2n) is 7.56. The number of thiocarbonyl (C=S) groups is 1. The number of nitrogens with zero attached hydrogens (tertiary/aromatic N) is 2. The maximum atomic E-state index is 14.1. The van der Waals surface area contributed by atoms with E-state index in [1.807, 2.05) is 0 Å². The molecule has 11 heteroatoms. The summed E-state index contributed by atoms with van der Waals surface area (Å²) in [6.45, 7) is 0.163. The van der Waals surface area contributed by atoms with Gasteiger partial charge in [-0.05, 0) is 71.5 Å². The molecule has 2 heterocycles. The molecule has 0 aliphatic heterocycles. The number of anilines is 2. The molecule has 0 saturated carbocycles. The Hall–Kier alpha value is -2.01. The van der Waals surface area contributed by atoms with Crippen molar-refractivity contribution in [1.29, 1.82) is 0 Å². The Morgan fingerprint density at radius 2 is 2.12 bits per heavy atom. The summed E-state index contributed by atoms with van der Waals surface area (Å²) in [4.78, 5) is 13.7. The topological polar surface area (TPSA) is 68.2 Å². The number of carbonyl (C=O) groups is 1. The number of methoxy groups -OCH3 is 1. The summed E-state index contributed by atoms with van der Waals surface area (Å²) < 4.78 is 21.4. The fraction of sp³-hybridized carbons (Fsp3) is 0.318. The summed E-state index contributed by atoms with van der Waals surface area (Å²) in [7, 11) is 1.38. The summed E-state index contributed by atoms with van der Waals surface area (Å²) in [5, 5.41) is 11.9. The lowest BCUT2D eigenvalue weighted by molar-refractivity contribution is 0.0601. The number of carbonyl (C=O) groups excluding carboxylic acids is 1. The number of hydrogen-bond donors (Lipinski definition) is 2. The maximum absolute atomic E-state index is 14.1. The Balaban J connectivity index is 1.51. The third-order valence-corrected chi connectivity index (χ3v) is 7.71. The number of rotatable bonds is 5. The summed E-state index contributed by atoms with van der Waals surface area (Å²) in [5.74, 6) is -0.307. The molecule has 6 nitrogen and oxygen atoms in total. The lowest BCUT2D eigenvalue weighted by Gasteiger charge is -2.10. The first-order valence-corrected chi connectivity index (χ1v) is 12.7. The van der Waals surface area contributed by atoms with Gasteiger partial charge in [0, 0.05) is 21.7 Å². The van der Waals surface area contributed by atoms with E-state index < -0.39 is 5.82 Å². The van der Waals surface area contributed by atoms with Crippen LogP contribution < -0.4 is 10.6 Å². The number of fused-ring (bicyclic) bond motifs is 1. The fourth-order valence-corrected chi connectivity index (χ4v) is 5.98. The molecular formula is C22H21BrClFN4O2S2. The lowest BCUT2D eigenvalue weighted by atomic mass is 10.1. The van der Waals surface area contributed by atoms with Crippen LogP contribution in [0.25, 0.3) is 0 Å². The van der Waals surface area contributed by atoms with Crippen molar-refractivity contribution in [2.75, 3.05) is 17.7 Å². The molecule has 1 aliphatic carbocycles. The zero-order valence-electron chi connectivity index (χ0n) is 17.7. The van der Waals surface area contributed by atoms with E-state index in [0.717, 1.165) is 37.7 Å². The monoisotopic (exact) mass is 570 g/mol. The number of ether oxygens (including phenoxy) is 1. The van der Waals surface area contributed by atoms with Crippen molar-refractivity contribution in [2.45, 2.75) is 38.6 Å². The molecule has 0 bridgehead atoms. The first-order valence-electron chi connectivity index (χ1n) is 10.3. The normalized spacial score (nSPS) is 13.2. The van der Waals surface area contributed by atoms with Crippen LogP contribution in [0.3, 0.4) is 0 Å². The van der Waals surface area contributed by atoms with Crippen LogP contribution in [-0.4, -0.2) is 28.0 Å². The highest BCUT2D eigenvalue weighted by atomic mass is 79.9. The highest BCUT2D eigenvalue weighted by Gasteiger charge is 2.26. The van der Waals surface area contributed by atoms with Crippen LogP contribution in [0, 0.1) is 5.82 Å². The molecule has 0 radical (unpaired) electrons. The average Bonchev–Trinajstić information content (AvgIpc) is 3.19. The molecule has 2 N–H and O–H groups in total. The van der Waals surface area contributed by atoms with Gasteiger partial charge in [-0.25, -0.2) is 9.18 Å². The van der Waals surface area contributed by atoms with Crippen LogP contribution >= 0.6 is 51.1 Å². The summed E-state index contributed by atoms with van der Waals surface area (Å²) >= 11 is 16.6. The lowest BCUT2D eigenvalue weighted by Crippen LogP contribution is -2.21. The van der Waals surface area contributed by atoms with Crippen molar-refractivity contribution < 1.29 is 13.9 Å². The summed E-state index contributed by atoms with van der Waals surface area (Å²) in [5.41, 5.74) is 1.97. The van der Waals surface area contributed by atoms with Gasteiger partial charge >= 0.3 is 5.97 Å². The third kappa shape index (κ3) is 5.40. The van der Waals surface area contributed by atoms with E-state index in [-0.39, 0.29) is 17.6 Å². The largest absolute Gasteiger partial charge is 0.465 e. The molecule has 4 rings (SSSR count). The first-order chi connectivity index (χ1) is 15.9. The molecule has 2 aromatic heterocycles. The van der Waals surface area contributed by atoms with Crippen molar-refractivity contribution >= 4 is 73.0 Å². The number of benzene rings is 1.